The minimum Gasteiger partial charge on any atom is -0.383 e. The summed E-state index contributed by atoms with van der Waals surface area (Å²) in [5.74, 6) is -0.0361. The summed E-state index contributed by atoms with van der Waals surface area (Å²) in [4.78, 5) is 14.8. The van der Waals surface area contributed by atoms with Gasteiger partial charge in [0.1, 0.15) is 5.82 Å². The second-order valence-electron chi connectivity index (χ2n) is 9.59. The number of methoxy groups -OCH3 is 1. The van der Waals surface area contributed by atoms with E-state index in [0.29, 0.717) is 42.2 Å². The number of rotatable bonds is 14. The minimum atomic E-state index is -0.391. The van der Waals surface area contributed by atoms with Gasteiger partial charge in [-0.15, -0.1) is 0 Å². The molecule has 198 valence electrons. The third-order valence-electron chi connectivity index (χ3n) is 6.60. The van der Waals surface area contributed by atoms with Crippen LogP contribution < -0.4 is 15.8 Å². The minimum absolute atomic E-state index is 0.116. The summed E-state index contributed by atoms with van der Waals surface area (Å²) in [5.41, 5.74) is 3.11. The second-order valence-corrected chi connectivity index (χ2v) is 9.59. The molecule has 5 nitrogen and oxygen atoms in total. The number of benzene rings is 2. The van der Waals surface area contributed by atoms with E-state index in [0.717, 1.165) is 53.8 Å². The van der Waals surface area contributed by atoms with Gasteiger partial charge >= 0.3 is 0 Å². The molecule has 0 fully saturated rings. The van der Waals surface area contributed by atoms with E-state index in [4.69, 9.17) is 10.00 Å². The van der Waals surface area contributed by atoms with Crippen LogP contribution in [0.2, 0.25) is 0 Å². The number of carbonyl (C=O) groups is 1. The lowest BCUT2D eigenvalue weighted by Gasteiger charge is -2.23. The molecule has 0 heterocycles. The lowest BCUT2D eigenvalue weighted by atomic mass is 9.93. The normalized spacial score (nSPS) is 12.2. The predicted octanol–water partition coefficient (Wildman–Crippen LogP) is 4.76. The van der Waals surface area contributed by atoms with E-state index in [9.17, 15) is 9.18 Å². The van der Waals surface area contributed by atoms with Gasteiger partial charge < -0.3 is 15.0 Å². The van der Waals surface area contributed by atoms with Crippen LogP contribution in [0, 0.1) is 30.0 Å². The molecule has 0 spiro atoms. The Hall–Kier alpha value is -3.43. The van der Waals surface area contributed by atoms with Crippen molar-refractivity contribution >= 4 is 24.3 Å². The Morgan fingerprint density at radius 1 is 1.27 bits per heavy atom. The summed E-state index contributed by atoms with van der Waals surface area (Å²) in [6, 6.07) is 10.2. The van der Waals surface area contributed by atoms with E-state index in [1.165, 1.54) is 6.07 Å². The van der Waals surface area contributed by atoms with Crippen LogP contribution in [0.15, 0.2) is 36.9 Å². The summed E-state index contributed by atoms with van der Waals surface area (Å²) >= 11 is 0. The average Bonchev–Trinajstić information content (AvgIpc) is 2.86. The van der Waals surface area contributed by atoms with E-state index in [1.807, 2.05) is 25.1 Å². The molecule has 0 aliphatic heterocycles. The van der Waals surface area contributed by atoms with E-state index >= 15 is 0 Å². The van der Waals surface area contributed by atoms with Crippen LogP contribution in [0.5, 0.6) is 0 Å². The number of amides is 1. The van der Waals surface area contributed by atoms with Crippen molar-refractivity contribution in [3.63, 3.8) is 0 Å². The van der Waals surface area contributed by atoms with E-state index < -0.39 is 5.82 Å². The fourth-order valence-corrected chi connectivity index (χ4v) is 4.60. The standard InChI is InChI=1S/C31H40FN3O2/c1-7-9-25(11-8-10-22(2)27-15-13-26(19-33)18-30(27)32)20-35(5)21-29-23(3)12-14-28(24(29)4)31(36)34-16-17-37-6/h12-15,18,21,25H,2-3,7-11,16-17,20H2,1,4-6H3,(H,34,36)/b29-21+. The zero-order chi connectivity index (χ0) is 27.4. The first-order valence-electron chi connectivity index (χ1n) is 12.9. The highest BCUT2D eigenvalue weighted by atomic mass is 19.1. The molecular weight excluding hydrogens is 465 g/mol. The number of ether oxygens (including phenoxy) is 1. The maximum Gasteiger partial charge on any atom is 0.251 e. The summed E-state index contributed by atoms with van der Waals surface area (Å²) < 4.78 is 19.4. The lowest BCUT2D eigenvalue weighted by molar-refractivity contribution is 0.0936. The van der Waals surface area contributed by atoms with Gasteiger partial charge in [0.05, 0.1) is 18.2 Å². The highest BCUT2D eigenvalue weighted by Gasteiger charge is 2.13. The molecule has 0 bridgehead atoms. The van der Waals surface area contributed by atoms with Gasteiger partial charge in [-0.3, -0.25) is 4.79 Å². The lowest BCUT2D eigenvalue weighted by Crippen LogP contribution is -2.35. The summed E-state index contributed by atoms with van der Waals surface area (Å²) in [6.45, 7) is 14.2. The van der Waals surface area contributed by atoms with E-state index in [1.54, 1.807) is 19.2 Å². The first kappa shape index (κ1) is 29.8. The molecule has 0 aromatic heterocycles. The fraction of sp³-hybridized carbons (Fsp3) is 0.419. The molecule has 2 rings (SSSR count). The van der Waals surface area contributed by atoms with Gasteiger partial charge in [-0.1, -0.05) is 38.6 Å². The SMILES string of the molecule is C=C(CCCC(CCC)CN(C)/C=c1/c(C)c(C(=O)NCCOC)ccc1=C)c1ccc(C#N)cc1F. The van der Waals surface area contributed by atoms with Crippen LogP contribution in [-0.2, 0) is 4.74 Å². The van der Waals surface area contributed by atoms with Crippen LogP contribution in [0.1, 0.15) is 66.1 Å². The molecule has 0 aliphatic carbocycles. The van der Waals surface area contributed by atoms with Gasteiger partial charge in [-0.2, -0.15) is 5.26 Å². The first-order valence-corrected chi connectivity index (χ1v) is 12.9. The van der Waals surface area contributed by atoms with Gasteiger partial charge in [0.2, 0.25) is 0 Å². The first-order chi connectivity index (χ1) is 17.7. The fourth-order valence-electron chi connectivity index (χ4n) is 4.60. The maximum atomic E-state index is 14.3. The number of nitriles is 1. The average molecular weight is 506 g/mol. The number of carbonyl (C=O) groups excluding carboxylic acids is 1. The van der Waals surface area contributed by atoms with E-state index in [-0.39, 0.29) is 5.91 Å². The molecule has 1 N–H and O–H groups in total. The van der Waals surface area contributed by atoms with Crippen molar-refractivity contribution in [3.05, 3.63) is 75.4 Å². The van der Waals surface area contributed by atoms with Gasteiger partial charge in [0.15, 0.2) is 0 Å². The van der Waals surface area contributed by atoms with Crippen molar-refractivity contribution < 1.29 is 13.9 Å². The number of hydrogen-bond donors (Lipinski definition) is 1. The second kappa shape index (κ2) is 15.0. The van der Waals surface area contributed by atoms with Crippen molar-refractivity contribution in [1.29, 1.82) is 5.26 Å². The summed E-state index contributed by atoms with van der Waals surface area (Å²) in [6.07, 6.45) is 6.87. The van der Waals surface area contributed by atoms with Gasteiger partial charge in [-0.25, -0.2) is 4.39 Å². The van der Waals surface area contributed by atoms with Crippen molar-refractivity contribution in [2.75, 3.05) is 33.9 Å². The number of nitrogens with one attached hydrogen (secondary N) is 1. The van der Waals surface area contributed by atoms with E-state index in [2.05, 4.69) is 43.5 Å². The highest BCUT2D eigenvalue weighted by Crippen LogP contribution is 2.25. The molecule has 1 atom stereocenters. The highest BCUT2D eigenvalue weighted by molar-refractivity contribution is 5.95. The van der Waals surface area contributed by atoms with Crippen LogP contribution in [0.4, 0.5) is 4.39 Å². The molecule has 0 saturated heterocycles. The van der Waals surface area contributed by atoms with Gasteiger partial charge in [0, 0.05) is 49.8 Å². The zero-order valence-electron chi connectivity index (χ0n) is 22.7. The monoisotopic (exact) mass is 505 g/mol. The Morgan fingerprint density at radius 2 is 2.00 bits per heavy atom. The number of hydrogen-bond acceptors (Lipinski definition) is 4. The smallest absolute Gasteiger partial charge is 0.251 e. The Morgan fingerprint density at radius 3 is 2.65 bits per heavy atom. The Balaban J connectivity index is 2.06. The molecule has 1 unspecified atom stereocenters. The maximum absolute atomic E-state index is 14.3. The molecule has 2 aromatic rings. The number of allylic oxidation sites excluding steroid dienone is 1. The molecule has 6 heteroatoms. The summed E-state index contributed by atoms with van der Waals surface area (Å²) in [7, 11) is 3.66. The molecule has 37 heavy (non-hydrogen) atoms. The van der Waals surface area contributed by atoms with Crippen LogP contribution in [-0.4, -0.2) is 44.7 Å². The molecule has 0 aliphatic rings. The van der Waals surface area contributed by atoms with Gasteiger partial charge in [-0.05, 0) is 73.1 Å². The third-order valence-corrected chi connectivity index (χ3v) is 6.60. The van der Waals surface area contributed by atoms with Crippen LogP contribution in [0.25, 0.3) is 18.4 Å². The molecule has 1 amide bonds. The molecule has 2 aromatic carbocycles. The Kier molecular flexibility index (Phi) is 12.1. The predicted molar refractivity (Wildman–Crippen MR) is 150 cm³/mol. The molecule has 0 radical (unpaired) electrons. The van der Waals surface area contributed by atoms with Crippen molar-refractivity contribution in [3.8, 4) is 6.07 Å². The van der Waals surface area contributed by atoms with Crippen LogP contribution >= 0.6 is 0 Å². The number of halogens is 1. The van der Waals surface area contributed by atoms with Gasteiger partial charge in [0.25, 0.3) is 5.91 Å². The zero-order valence-corrected chi connectivity index (χ0v) is 22.7. The third kappa shape index (κ3) is 8.87. The number of nitrogens with zero attached hydrogens (tertiary/aromatic N) is 2. The topological polar surface area (TPSA) is 65.4 Å². The molecular formula is C31H40FN3O2. The van der Waals surface area contributed by atoms with Crippen molar-refractivity contribution in [1.82, 2.24) is 10.2 Å². The Bertz CT molecular complexity index is 1230. The molecule has 0 saturated carbocycles. The Labute approximate surface area is 220 Å². The van der Waals surface area contributed by atoms with Crippen LogP contribution in [0.3, 0.4) is 0 Å². The quantitative estimate of drug-likeness (QED) is 0.376. The largest absolute Gasteiger partial charge is 0.383 e. The summed E-state index contributed by atoms with van der Waals surface area (Å²) in [5, 5.41) is 13.7. The van der Waals surface area contributed by atoms with Crippen molar-refractivity contribution in [2.24, 2.45) is 5.92 Å². The van der Waals surface area contributed by atoms with Crippen molar-refractivity contribution in [2.45, 2.75) is 46.0 Å².